The summed E-state index contributed by atoms with van der Waals surface area (Å²) in [5.74, 6) is 1.06. The van der Waals surface area contributed by atoms with E-state index in [2.05, 4.69) is 56.1 Å². The molecule has 2 saturated heterocycles. The molecule has 0 radical (unpaired) electrons. The van der Waals surface area contributed by atoms with Gasteiger partial charge in [-0.15, -0.1) is 0 Å². The summed E-state index contributed by atoms with van der Waals surface area (Å²) in [5.41, 5.74) is 6.62. The summed E-state index contributed by atoms with van der Waals surface area (Å²) in [6, 6.07) is 15.1. The fourth-order valence-electron chi connectivity index (χ4n) is 8.94. The van der Waals surface area contributed by atoms with E-state index in [-0.39, 0.29) is 48.6 Å². The van der Waals surface area contributed by atoms with E-state index in [0.29, 0.717) is 37.3 Å². The molecule has 0 aliphatic carbocycles. The molecule has 2 aromatic heterocycles. The van der Waals surface area contributed by atoms with Gasteiger partial charge in [0, 0.05) is 75.0 Å². The highest BCUT2D eigenvalue weighted by molar-refractivity contribution is 6.05. The quantitative estimate of drug-likeness (QED) is 0.0467. The molecular weight excluding hydrogens is 797 g/mol. The molecule has 15 nitrogen and oxygen atoms in total. The molecule has 5 heterocycles. The number of nitrogens with one attached hydrogen (secondary N) is 4. The van der Waals surface area contributed by atoms with Crippen molar-refractivity contribution in [3.05, 3.63) is 82.5 Å². The Labute approximate surface area is 371 Å². The van der Waals surface area contributed by atoms with Gasteiger partial charge in [0.2, 0.25) is 17.7 Å². The van der Waals surface area contributed by atoms with Crippen LogP contribution in [0.15, 0.2) is 54.7 Å². The molecular formula is C48H66N10O5. The van der Waals surface area contributed by atoms with E-state index in [0.717, 1.165) is 124 Å². The molecule has 7 rings (SSSR count). The van der Waals surface area contributed by atoms with Crippen LogP contribution in [-0.2, 0) is 33.9 Å². The Bertz CT molecular complexity index is 2200. The fraction of sp³-hybridized carbons (Fsp3) is 0.542. The monoisotopic (exact) mass is 863 g/mol. The molecule has 3 aliphatic rings. The lowest BCUT2D eigenvalue weighted by Crippen LogP contribution is -2.52. The van der Waals surface area contributed by atoms with Crippen molar-refractivity contribution in [2.24, 2.45) is 0 Å². The first-order valence-corrected chi connectivity index (χ1v) is 23.2. The number of unbranched alkanes of at least 4 members (excludes halogenated alkanes) is 4. The van der Waals surface area contributed by atoms with Gasteiger partial charge in [-0.1, -0.05) is 57.9 Å². The number of amides is 4. The number of nitrogens with zero attached hydrogens (tertiary/aromatic N) is 6. The van der Waals surface area contributed by atoms with Crippen LogP contribution in [0.4, 0.5) is 17.3 Å². The van der Waals surface area contributed by atoms with Gasteiger partial charge in [-0.2, -0.15) is 9.61 Å². The number of aliphatic hydroxyl groups excluding tert-OH is 1. The lowest BCUT2D eigenvalue weighted by molar-refractivity contribution is -0.137. The summed E-state index contributed by atoms with van der Waals surface area (Å²) in [7, 11) is 0. The van der Waals surface area contributed by atoms with E-state index in [1.165, 1.54) is 5.56 Å². The third kappa shape index (κ3) is 11.8. The predicted molar refractivity (Wildman–Crippen MR) is 246 cm³/mol. The van der Waals surface area contributed by atoms with Crippen molar-refractivity contribution in [3.8, 4) is 0 Å². The van der Waals surface area contributed by atoms with Crippen molar-refractivity contribution in [1.29, 1.82) is 0 Å². The van der Waals surface area contributed by atoms with Crippen molar-refractivity contribution in [1.82, 2.24) is 34.6 Å². The smallest absolute Gasteiger partial charge is 0.255 e. The molecule has 2 fully saturated rings. The zero-order chi connectivity index (χ0) is 44.3. The number of hydrogen-bond acceptors (Lipinski definition) is 11. The molecule has 2 aromatic carbocycles. The molecule has 15 heteroatoms. The average molecular weight is 863 g/mol. The number of hydrogen-bond donors (Lipinski definition) is 5. The second-order valence-corrected chi connectivity index (χ2v) is 17.7. The van der Waals surface area contributed by atoms with Crippen LogP contribution >= 0.6 is 0 Å². The summed E-state index contributed by atoms with van der Waals surface area (Å²) < 4.78 is 1.83. The number of piperidine rings is 1. The van der Waals surface area contributed by atoms with Crippen molar-refractivity contribution in [2.75, 3.05) is 61.8 Å². The first-order valence-electron chi connectivity index (χ1n) is 23.2. The zero-order valence-electron chi connectivity index (χ0n) is 37.3. The molecule has 0 bridgehead atoms. The summed E-state index contributed by atoms with van der Waals surface area (Å²) in [6.45, 7) is 13.8. The number of anilines is 3. The minimum Gasteiger partial charge on any atom is -0.394 e. The lowest BCUT2D eigenvalue weighted by atomic mass is 9.98. The Kier molecular flexibility index (Phi) is 15.8. The van der Waals surface area contributed by atoms with E-state index in [4.69, 9.17) is 4.98 Å². The number of benzene rings is 2. The molecule has 5 N–H and O–H groups in total. The van der Waals surface area contributed by atoms with Gasteiger partial charge in [0.05, 0.1) is 18.8 Å². The second-order valence-electron chi connectivity index (χ2n) is 17.7. The molecule has 63 heavy (non-hydrogen) atoms. The summed E-state index contributed by atoms with van der Waals surface area (Å²) in [6.07, 6.45) is 11.0. The van der Waals surface area contributed by atoms with Crippen molar-refractivity contribution < 1.29 is 24.3 Å². The highest BCUT2D eigenvalue weighted by Crippen LogP contribution is 2.31. The van der Waals surface area contributed by atoms with Crippen molar-refractivity contribution in [3.63, 3.8) is 0 Å². The van der Waals surface area contributed by atoms with E-state index >= 15 is 0 Å². The highest BCUT2D eigenvalue weighted by Gasteiger charge is 2.39. The standard InChI is InChI=1S/C48H66N10O5/c1-4-36(32-59)51-42-28-43(58-46(53-42)39(30-50-58)33(2)3)49-29-34-16-18-37(19-17-34)52-44(60)15-8-6-10-23-56-26-24-55(25-27-56)22-9-5-7-12-35-13-11-14-38-40(35)31-57(48(38)63)41-20-21-45(61)54-47(41)62/h11,13-14,16-19,28,30,33,36,41,49,59H,4-10,12,15,20-27,29,31-32H2,1-3H3,(H,51,53)(H,52,60)(H,54,61,62)/t36-,41?/m1/s1. The normalized spacial score (nSPS) is 17.6. The molecule has 4 aromatic rings. The minimum absolute atomic E-state index is 0.0275. The maximum absolute atomic E-state index is 13.2. The number of fused-ring (bicyclic) bond motifs is 2. The Morgan fingerprint density at radius 2 is 1.67 bits per heavy atom. The van der Waals surface area contributed by atoms with Gasteiger partial charge in [-0.3, -0.25) is 24.5 Å². The summed E-state index contributed by atoms with van der Waals surface area (Å²) in [5, 5.41) is 26.7. The van der Waals surface area contributed by atoms with Crippen LogP contribution < -0.4 is 21.3 Å². The number of aryl methyl sites for hydroxylation is 1. The summed E-state index contributed by atoms with van der Waals surface area (Å²) >= 11 is 0. The predicted octanol–water partition coefficient (Wildman–Crippen LogP) is 5.94. The number of rotatable bonds is 22. The number of imide groups is 1. The molecule has 1 unspecified atom stereocenters. The Morgan fingerprint density at radius 3 is 2.35 bits per heavy atom. The number of piperazine rings is 1. The van der Waals surface area contributed by atoms with E-state index < -0.39 is 6.04 Å². The van der Waals surface area contributed by atoms with Gasteiger partial charge in [0.15, 0.2) is 5.65 Å². The summed E-state index contributed by atoms with van der Waals surface area (Å²) in [4.78, 5) is 61.6. The molecule has 2 atom stereocenters. The second kappa shape index (κ2) is 21.8. The molecule has 0 saturated carbocycles. The first-order chi connectivity index (χ1) is 30.6. The van der Waals surface area contributed by atoms with Crippen molar-refractivity contribution in [2.45, 2.75) is 122 Å². The maximum atomic E-state index is 13.2. The Hall–Kier alpha value is -5.38. The number of aromatic nitrogens is 3. The van der Waals surface area contributed by atoms with E-state index in [1.807, 2.05) is 60.1 Å². The van der Waals surface area contributed by atoms with Gasteiger partial charge in [0.25, 0.3) is 5.91 Å². The van der Waals surface area contributed by atoms with Crippen LogP contribution in [-0.4, -0.2) is 116 Å². The topological polar surface area (TPSA) is 177 Å². The first kappa shape index (κ1) is 45.6. The van der Waals surface area contributed by atoms with E-state index in [1.54, 1.807) is 4.90 Å². The van der Waals surface area contributed by atoms with Gasteiger partial charge >= 0.3 is 0 Å². The number of aliphatic hydroxyl groups is 1. The average Bonchev–Trinajstić information content (AvgIpc) is 3.87. The lowest BCUT2D eigenvalue weighted by Gasteiger charge is -2.34. The van der Waals surface area contributed by atoms with Crippen LogP contribution in [0.2, 0.25) is 0 Å². The number of carbonyl (C=O) groups is 4. The Morgan fingerprint density at radius 1 is 0.937 bits per heavy atom. The maximum Gasteiger partial charge on any atom is 0.255 e. The largest absolute Gasteiger partial charge is 0.394 e. The van der Waals surface area contributed by atoms with Crippen LogP contribution in [0.25, 0.3) is 5.65 Å². The minimum atomic E-state index is -0.582. The third-order valence-corrected chi connectivity index (χ3v) is 12.8. The third-order valence-electron chi connectivity index (χ3n) is 12.8. The van der Waals surface area contributed by atoms with Crippen LogP contribution in [0.5, 0.6) is 0 Å². The van der Waals surface area contributed by atoms with Crippen LogP contribution in [0.1, 0.15) is 124 Å². The zero-order valence-corrected chi connectivity index (χ0v) is 37.3. The molecule has 338 valence electrons. The molecule has 0 spiro atoms. The SMILES string of the molecule is CC[C@H](CO)Nc1cc(NCc2ccc(NC(=O)CCCCCN3CCN(CCCCCc4cccc5c4CN(C4CCC(=O)NC4=O)C5=O)CC3)cc2)n2ncc(C(C)C)c2n1. The highest BCUT2D eigenvalue weighted by atomic mass is 16.3. The van der Waals surface area contributed by atoms with E-state index in [9.17, 15) is 24.3 Å². The van der Waals surface area contributed by atoms with Gasteiger partial charge in [-0.25, -0.2) is 4.98 Å². The van der Waals surface area contributed by atoms with Gasteiger partial charge in [0.1, 0.15) is 17.7 Å². The van der Waals surface area contributed by atoms with Gasteiger partial charge in [-0.05, 0) is 98.8 Å². The van der Waals surface area contributed by atoms with Crippen LogP contribution in [0.3, 0.4) is 0 Å². The number of carbonyl (C=O) groups excluding carboxylic acids is 4. The van der Waals surface area contributed by atoms with Gasteiger partial charge < -0.3 is 35.8 Å². The Balaban J connectivity index is 0.743. The van der Waals surface area contributed by atoms with Crippen LogP contribution in [0, 0.1) is 0 Å². The van der Waals surface area contributed by atoms with Crippen molar-refractivity contribution >= 4 is 46.6 Å². The molecule has 3 aliphatic heterocycles. The molecule has 4 amide bonds. The fourth-order valence-corrected chi connectivity index (χ4v) is 8.94.